The minimum absolute atomic E-state index is 0.00925. The molecule has 166 valence electrons. The first kappa shape index (κ1) is 22.7. The van der Waals surface area contributed by atoms with Gasteiger partial charge in [-0.15, -0.1) is 0 Å². The molecule has 0 saturated carbocycles. The summed E-state index contributed by atoms with van der Waals surface area (Å²) in [6, 6.07) is 5.18. The molecule has 3 rings (SSSR count). The highest BCUT2D eigenvalue weighted by atomic mass is 32.2. The average molecular weight is 437 g/mol. The lowest BCUT2D eigenvalue weighted by molar-refractivity contribution is -0.122. The van der Waals surface area contributed by atoms with E-state index in [1.165, 1.54) is 4.31 Å². The first-order valence-electron chi connectivity index (χ1n) is 10.8. The topological polar surface area (TPSA) is 93.5 Å². The fraction of sp³-hybridized carbons (Fsp3) is 0.619. The van der Waals surface area contributed by atoms with Gasteiger partial charge in [0.05, 0.1) is 28.6 Å². The predicted molar refractivity (Wildman–Crippen MR) is 116 cm³/mol. The Bertz CT molecular complexity index is 976. The number of rotatable bonds is 9. The molecule has 1 N–H and O–H groups in total. The molecule has 1 aromatic carbocycles. The zero-order chi connectivity index (χ0) is 21.7. The third-order valence-corrected chi connectivity index (χ3v) is 7.61. The Labute approximate surface area is 178 Å². The first-order chi connectivity index (χ1) is 14.4. The van der Waals surface area contributed by atoms with Crippen LogP contribution in [0.15, 0.2) is 23.1 Å². The van der Waals surface area contributed by atoms with Crippen molar-refractivity contribution < 1.29 is 17.9 Å². The van der Waals surface area contributed by atoms with Gasteiger partial charge in [0.1, 0.15) is 5.82 Å². The van der Waals surface area contributed by atoms with Gasteiger partial charge in [-0.05, 0) is 38.0 Å². The number of ether oxygens (including phenoxy) is 1. The highest BCUT2D eigenvalue weighted by molar-refractivity contribution is 7.89. The van der Waals surface area contributed by atoms with E-state index in [-0.39, 0.29) is 16.8 Å². The Kier molecular flexibility index (Phi) is 7.49. The molecule has 1 saturated heterocycles. The summed E-state index contributed by atoms with van der Waals surface area (Å²) < 4.78 is 34.6. The molecule has 9 heteroatoms. The molecule has 30 heavy (non-hydrogen) atoms. The zero-order valence-electron chi connectivity index (χ0n) is 18.1. The molecule has 1 aromatic heterocycles. The molecule has 0 spiro atoms. The molecule has 1 aliphatic heterocycles. The van der Waals surface area contributed by atoms with Crippen LogP contribution in [0.5, 0.6) is 0 Å². The molecule has 0 aliphatic carbocycles. The molecular weight excluding hydrogens is 404 g/mol. The summed E-state index contributed by atoms with van der Waals surface area (Å²) in [5, 5.41) is 3.03. The number of amides is 1. The second-order valence-electron chi connectivity index (χ2n) is 7.49. The van der Waals surface area contributed by atoms with Crippen LogP contribution in [0, 0.1) is 0 Å². The van der Waals surface area contributed by atoms with Gasteiger partial charge in [-0.3, -0.25) is 4.79 Å². The van der Waals surface area contributed by atoms with Gasteiger partial charge in [0.25, 0.3) is 0 Å². The number of benzene rings is 1. The number of carbonyl (C=O) groups is 1. The number of nitrogens with one attached hydrogen (secondary N) is 1. The van der Waals surface area contributed by atoms with Crippen LogP contribution in [-0.4, -0.2) is 60.5 Å². The number of imidazole rings is 1. The second kappa shape index (κ2) is 9.89. The van der Waals surface area contributed by atoms with Crippen LogP contribution in [0.4, 0.5) is 0 Å². The van der Waals surface area contributed by atoms with Gasteiger partial charge in [-0.1, -0.05) is 13.8 Å². The van der Waals surface area contributed by atoms with Crippen molar-refractivity contribution in [3.05, 3.63) is 24.0 Å². The van der Waals surface area contributed by atoms with Crippen LogP contribution in [0.25, 0.3) is 11.0 Å². The summed E-state index contributed by atoms with van der Waals surface area (Å²) in [7, 11) is -3.54. The standard InChI is InChI=1S/C21H32N4O4S/c1-4-24(5-2)30(27,28)17-9-10-19-18(14-17)23-20(25(19)6-3)11-12-21(26)22-16-8-7-13-29-15-16/h9-10,14,16H,4-8,11-13,15H2,1-3H3,(H,22,26). The van der Waals surface area contributed by atoms with Crippen molar-refractivity contribution in [1.82, 2.24) is 19.2 Å². The number of aromatic nitrogens is 2. The third kappa shape index (κ3) is 4.84. The minimum atomic E-state index is -3.54. The number of hydrogen-bond donors (Lipinski definition) is 1. The largest absolute Gasteiger partial charge is 0.379 e. The van der Waals surface area contributed by atoms with Crippen molar-refractivity contribution >= 4 is 27.0 Å². The van der Waals surface area contributed by atoms with Gasteiger partial charge < -0.3 is 14.6 Å². The van der Waals surface area contributed by atoms with Crippen LogP contribution in [-0.2, 0) is 32.5 Å². The first-order valence-corrected chi connectivity index (χ1v) is 12.2. The van der Waals surface area contributed by atoms with E-state index >= 15 is 0 Å². The lowest BCUT2D eigenvalue weighted by Gasteiger charge is -2.23. The van der Waals surface area contributed by atoms with E-state index in [2.05, 4.69) is 10.3 Å². The molecule has 0 radical (unpaired) electrons. The van der Waals surface area contributed by atoms with Crippen molar-refractivity contribution in [2.24, 2.45) is 0 Å². The normalized spacial score (nSPS) is 17.5. The number of nitrogens with zero attached hydrogens (tertiary/aromatic N) is 3. The summed E-state index contributed by atoms with van der Waals surface area (Å²) in [6.45, 7) is 8.56. The van der Waals surface area contributed by atoms with Gasteiger partial charge in [0, 0.05) is 39.1 Å². The number of hydrogen-bond acceptors (Lipinski definition) is 5. The number of sulfonamides is 1. The number of carbonyl (C=O) groups excluding carboxylic acids is 1. The van der Waals surface area contributed by atoms with Crippen LogP contribution >= 0.6 is 0 Å². The molecule has 2 aromatic rings. The maximum Gasteiger partial charge on any atom is 0.243 e. The van der Waals surface area contributed by atoms with Gasteiger partial charge in [0.2, 0.25) is 15.9 Å². The Balaban J connectivity index is 1.77. The van der Waals surface area contributed by atoms with Crippen molar-refractivity contribution in [3.63, 3.8) is 0 Å². The van der Waals surface area contributed by atoms with Crippen LogP contribution in [0.2, 0.25) is 0 Å². The maximum absolute atomic E-state index is 12.8. The molecule has 0 bridgehead atoms. The van der Waals surface area contributed by atoms with Crippen molar-refractivity contribution in [3.8, 4) is 0 Å². The summed E-state index contributed by atoms with van der Waals surface area (Å²) >= 11 is 0. The SMILES string of the molecule is CCN(CC)S(=O)(=O)c1ccc2c(c1)nc(CCC(=O)NC1CCCOC1)n2CC. The number of aryl methyl sites for hydroxylation is 2. The Morgan fingerprint density at radius 3 is 2.70 bits per heavy atom. The predicted octanol–water partition coefficient (Wildman–Crippen LogP) is 2.31. The van der Waals surface area contributed by atoms with E-state index in [1.807, 2.05) is 31.4 Å². The Hall–Kier alpha value is -1.97. The number of fused-ring (bicyclic) bond motifs is 1. The van der Waals surface area contributed by atoms with Crippen LogP contribution < -0.4 is 5.32 Å². The van der Waals surface area contributed by atoms with Crippen molar-refractivity contribution in [2.45, 2.75) is 63.9 Å². The smallest absolute Gasteiger partial charge is 0.243 e. The second-order valence-corrected chi connectivity index (χ2v) is 9.43. The zero-order valence-corrected chi connectivity index (χ0v) is 18.9. The van der Waals surface area contributed by atoms with Gasteiger partial charge in [0.15, 0.2) is 0 Å². The molecule has 2 heterocycles. The van der Waals surface area contributed by atoms with Crippen molar-refractivity contribution in [1.29, 1.82) is 0 Å². The van der Waals surface area contributed by atoms with Gasteiger partial charge in [-0.25, -0.2) is 13.4 Å². The Morgan fingerprint density at radius 2 is 2.07 bits per heavy atom. The summed E-state index contributed by atoms with van der Waals surface area (Å²) in [5.41, 5.74) is 1.52. The molecule has 1 atom stereocenters. The summed E-state index contributed by atoms with van der Waals surface area (Å²) in [4.78, 5) is 17.3. The van der Waals surface area contributed by atoms with E-state index in [0.29, 0.717) is 44.6 Å². The highest BCUT2D eigenvalue weighted by Crippen LogP contribution is 2.23. The fourth-order valence-corrected chi connectivity index (χ4v) is 5.43. The molecule has 1 aliphatic rings. The summed E-state index contributed by atoms with van der Waals surface area (Å²) in [6.07, 6.45) is 2.75. The van der Waals surface area contributed by atoms with E-state index in [1.54, 1.807) is 12.1 Å². The van der Waals surface area contributed by atoms with Crippen molar-refractivity contribution in [2.75, 3.05) is 26.3 Å². The van der Waals surface area contributed by atoms with Crippen LogP contribution in [0.1, 0.15) is 45.9 Å². The quantitative estimate of drug-likeness (QED) is 0.651. The van der Waals surface area contributed by atoms with E-state index < -0.39 is 10.0 Å². The van der Waals surface area contributed by atoms with Crippen LogP contribution in [0.3, 0.4) is 0 Å². The lowest BCUT2D eigenvalue weighted by Crippen LogP contribution is -2.40. The minimum Gasteiger partial charge on any atom is -0.379 e. The lowest BCUT2D eigenvalue weighted by atomic mass is 10.1. The van der Waals surface area contributed by atoms with E-state index in [4.69, 9.17) is 4.74 Å². The fourth-order valence-electron chi connectivity index (χ4n) is 3.96. The Morgan fingerprint density at radius 1 is 1.30 bits per heavy atom. The third-order valence-electron chi connectivity index (χ3n) is 5.56. The van der Waals surface area contributed by atoms with E-state index in [9.17, 15) is 13.2 Å². The molecule has 1 amide bonds. The summed E-state index contributed by atoms with van der Waals surface area (Å²) in [5.74, 6) is 0.782. The molecular formula is C21H32N4O4S. The molecule has 1 fully saturated rings. The maximum atomic E-state index is 12.8. The van der Waals surface area contributed by atoms with E-state index in [0.717, 1.165) is 30.8 Å². The monoisotopic (exact) mass is 436 g/mol. The molecule has 1 unspecified atom stereocenters. The highest BCUT2D eigenvalue weighted by Gasteiger charge is 2.23. The molecule has 8 nitrogen and oxygen atoms in total. The van der Waals surface area contributed by atoms with Gasteiger partial charge in [-0.2, -0.15) is 4.31 Å². The average Bonchev–Trinajstić information content (AvgIpc) is 3.10. The van der Waals surface area contributed by atoms with Gasteiger partial charge >= 0.3 is 0 Å².